The molecule has 0 fully saturated rings. The smallest absolute Gasteiger partial charge is 0.149 e. The molecular weight excluding hydrogens is 558 g/mol. The zero-order valence-corrected chi connectivity index (χ0v) is 24.7. The van der Waals surface area contributed by atoms with E-state index in [1.165, 1.54) is 6.07 Å². The summed E-state index contributed by atoms with van der Waals surface area (Å²) in [7, 11) is 1.61. The number of hydrogen-bond donors (Lipinski definition) is 2. The molecule has 6 rings (SSSR count). The van der Waals surface area contributed by atoms with Crippen LogP contribution in [-0.2, 0) is 6.42 Å². The maximum atomic E-state index is 15.1. The average Bonchev–Trinajstić information content (AvgIpc) is 3.57. The lowest BCUT2D eigenvalue weighted by Gasteiger charge is -2.12. The highest BCUT2D eigenvalue weighted by Crippen LogP contribution is 2.36. The zero-order valence-electron chi connectivity index (χ0n) is 23.1. The molecule has 0 aliphatic carbocycles. The van der Waals surface area contributed by atoms with Gasteiger partial charge >= 0.3 is 0 Å². The van der Waals surface area contributed by atoms with Gasteiger partial charge in [0, 0.05) is 55.9 Å². The van der Waals surface area contributed by atoms with Crippen LogP contribution in [0, 0.1) is 5.82 Å². The number of pyridine rings is 2. The average molecular weight is 588 g/mol. The second-order valence-corrected chi connectivity index (χ2v) is 11.6. The summed E-state index contributed by atoms with van der Waals surface area (Å²) in [6, 6.07) is 18.9. The van der Waals surface area contributed by atoms with Gasteiger partial charge in [0.25, 0.3) is 0 Å². The molecule has 208 valence electrons. The van der Waals surface area contributed by atoms with Crippen molar-refractivity contribution >= 4 is 45.0 Å². The maximum Gasteiger partial charge on any atom is 0.149 e. The number of halogens is 3. The van der Waals surface area contributed by atoms with E-state index in [4.69, 9.17) is 32.9 Å². The van der Waals surface area contributed by atoms with E-state index in [1.54, 1.807) is 19.4 Å². The monoisotopic (exact) mass is 586 g/mol. The van der Waals surface area contributed by atoms with Crippen LogP contribution in [0.1, 0.15) is 49.7 Å². The summed E-state index contributed by atoms with van der Waals surface area (Å²) < 4.78 is 20.3. The maximum absolute atomic E-state index is 15.1. The first-order valence-electron chi connectivity index (χ1n) is 13.5. The van der Waals surface area contributed by atoms with Gasteiger partial charge in [-0.3, -0.25) is 4.98 Å². The predicted octanol–water partition coefficient (Wildman–Crippen LogP) is 9.70. The molecule has 41 heavy (non-hydrogen) atoms. The summed E-state index contributed by atoms with van der Waals surface area (Å²) in [6.45, 7) is 6.37. The van der Waals surface area contributed by atoms with Gasteiger partial charge in [-0.1, -0.05) is 44.0 Å². The first-order valence-corrected chi connectivity index (χ1v) is 14.3. The van der Waals surface area contributed by atoms with E-state index >= 15 is 4.39 Å². The minimum atomic E-state index is -0.404. The number of aromatic amines is 2. The van der Waals surface area contributed by atoms with Gasteiger partial charge in [0.15, 0.2) is 0 Å². The molecule has 0 bridgehead atoms. The van der Waals surface area contributed by atoms with Crippen molar-refractivity contribution in [1.29, 1.82) is 0 Å². The van der Waals surface area contributed by atoms with Crippen molar-refractivity contribution in [2.45, 2.75) is 39.0 Å². The van der Waals surface area contributed by atoms with E-state index in [0.29, 0.717) is 33.7 Å². The van der Waals surface area contributed by atoms with E-state index in [1.807, 2.05) is 36.4 Å². The molecule has 6 aromatic rings. The molecule has 1 unspecified atom stereocenters. The fraction of sp³-hybridized carbons (Fsp3) is 0.212. The third-order valence-electron chi connectivity index (χ3n) is 7.53. The van der Waals surface area contributed by atoms with Gasteiger partial charge < -0.3 is 14.7 Å². The highest BCUT2D eigenvalue weighted by atomic mass is 35.5. The van der Waals surface area contributed by atoms with Crippen molar-refractivity contribution in [2.24, 2.45) is 0 Å². The highest BCUT2D eigenvalue weighted by Gasteiger charge is 2.18. The Labute approximate surface area is 247 Å². The van der Waals surface area contributed by atoms with Gasteiger partial charge in [-0.2, -0.15) is 0 Å². The molecule has 5 nitrogen and oxygen atoms in total. The first-order chi connectivity index (χ1) is 19.7. The number of rotatable bonds is 7. The van der Waals surface area contributed by atoms with Crippen molar-refractivity contribution in [1.82, 2.24) is 19.9 Å². The molecule has 2 aromatic carbocycles. The summed E-state index contributed by atoms with van der Waals surface area (Å²) in [4.78, 5) is 16.2. The SMILES string of the molecule is COc1ccc(-c2cc3[nH]c(C(C)Cc4ccc(F)c(-c5cc6[nH]c(C(C)C)cc6cc5Cl)n4)cc3cc2Cl)nc1. The largest absolute Gasteiger partial charge is 0.495 e. The van der Waals surface area contributed by atoms with Crippen LogP contribution in [-0.4, -0.2) is 27.0 Å². The quantitative estimate of drug-likeness (QED) is 0.195. The molecule has 1 atom stereocenters. The number of fused-ring (bicyclic) bond motifs is 2. The lowest BCUT2D eigenvalue weighted by molar-refractivity contribution is 0.413. The number of aromatic nitrogens is 4. The molecule has 0 spiro atoms. The number of methoxy groups -OCH3 is 1. The summed E-state index contributed by atoms with van der Waals surface area (Å²) in [5.41, 5.74) is 7.22. The predicted molar refractivity (Wildman–Crippen MR) is 166 cm³/mol. The molecule has 4 heterocycles. The molecule has 0 saturated carbocycles. The summed E-state index contributed by atoms with van der Waals surface area (Å²) >= 11 is 13.3. The Kier molecular flexibility index (Phi) is 7.22. The van der Waals surface area contributed by atoms with Gasteiger partial charge in [0.2, 0.25) is 0 Å². The number of ether oxygens (including phenoxy) is 1. The molecule has 0 aliphatic heterocycles. The third kappa shape index (κ3) is 5.30. The van der Waals surface area contributed by atoms with Crippen molar-refractivity contribution in [3.63, 3.8) is 0 Å². The van der Waals surface area contributed by atoms with Crippen LogP contribution in [0.4, 0.5) is 4.39 Å². The molecule has 0 amide bonds. The number of benzene rings is 2. The highest BCUT2D eigenvalue weighted by molar-refractivity contribution is 6.34. The molecule has 0 saturated heterocycles. The number of H-pyrrole nitrogens is 2. The van der Waals surface area contributed by atoms with Gasteiger partial charge in [-0.25, -0.2) is 9.37 Å². The van der Waals surface area contributed by atoms with E-state index in [9.17, 15) is 0 Å². The van der Waals surface area contributed by atoms with Crippen molar-refractivity contribution < 1.29 is 9.13 Å². The molecule has 0 radical (unpaired) electrons. The van der Waals surface area contributed by atoms with Crippen LogP contribution in [0.5, 0.6) is 5.75 Å². The Balaban J connectivity index is 1.29. The van der Waals surface area contributed by atoms with Crippen LogP contribution < -0.4 is 4.74 Å². The van der Waals surface area contributed by atoms with Gasteiger partial charge in [-0.05, 0) is 73.0 Å². The second-order valence-electron chi connectivity index (χ2n) is 10.8. The normalized spacial score (nSPS) is 12.5. The Morgan fingerprint density at radius 3 is 2.15 bits per heavy atom. The Morgan fingerprint density at radius 2 is 1.49 bits per heavy atom. The summed E-state index contributed by atoms with van der Waals surface area (Å²) in [6.07, 6.45) is 2.29. The molecule has 0 aliphatic rings. The van der Waals surface area contributed by atoms with Crippen LogP contribution in [0.25, 0.3) is 44.3 Å². The van der Waals surface area contributed by atoms with Crippen molar-refractivity contribution in [3.8, 4) is 28.3 Å². The second kappa shape index (κ2) is 10.8. The Bertz CT molecular complexity index is 1890. The van der Waals surface area contributed by atoms with Gasteiger partial charge in [-0.15, -0.1) is 0 Å². The van der Waals surface area contributed by atoms with E-state index in [0.717, 1.165) is 50.1 Å². The number of nitrogens with zero attached hydrogens (tertiary/aromatic N) is 2. The number of hydrogen-bond acceptors (Lipinski definition) is 3. The van der Waals surface area contributed by atoms with E-state index in [2.05, 4.69) is 47.9 Å². The standard InChI is InChI=1S/C33H29Cl2FN4O/c1-17(2)29-12-19-11-26(35)24(15-32(19)39-29)33-27(36)7-5-21(38-33)9-18(3)30-13-20-10-25(34)23(14-31(20)40-30)28-8-6-22(41-4)16-37-28/h5-8,10-18,39-40H,9H2,1-4H3. The van der Waals surface area contributed by atoms with E-state index in [-0.39, 0.29) is 11.6 Å². The fourth-order valence-electron chi connectivity index (χ4n) is 5.17. The van der Waals surface area contributed by atoms with Crippen LogP contribution in [0.15, 0.2) is 66.9 Å². The van der Waals surface area contributed by atoms with Crippen LogP contribution in [0.3, 0.4) is 0 Å². The summed E-state index contributed by atoms with van der Waals surface area (Å²) in [5, 5.41) is 3.10. The molecule has 2 N–H and O–H groups in total. The van der Waals surface area contributed by atoms with Crippen molar-refractivity contribution in [3.05, 3.63) is 99.8 Å². The number of nitrogens with one attached hydrogen (secondary N) is 2. The van der Waals surface area contributed by atoms with Crippen LogP contribution in [0.2, 0.25) is 10.0 Å². The summed E-state index contributed by atoms with van der Waals surface area (Å²) in [5.74, 6) is 0.713. The first kappa shape index (κ1) is 27.3. The molecular formula is C33H29Cl2FN4O. The van der Waals surface area contributed by atoms with Gasteiger partial charge in [0.1, 0.15) is 17.3 Å². The minimum Gasteiger partial charge on any atom is -0.495 e. The van der Waals surface area contributed by atoms with Crippen LogP contribution >= 0.6 is 23.2 Å². The molecule has 8 heteroatoms. The lowest BCUT2D eigenvalue weighted by atomic mass is 10.0. The Hall–Kier alpha value is -3.87. The lowest BCUT2D eigenvalue weighted by Crippen LogP contribution is -2.03. The minimum absolute atomic E-state index is 0.0875. The molecule has 4 aromatic heterocycles. The third-order valence-corrected chi connectivity index (χ3v) is 8.16. The van der Waals surface area contributed by atoms with Gasteiger partial charge in [0.05, 0.1) is 29.0 Å². The zero-order chi connectivity index (χ0) is 28.8. The fourth-order valence-corrected chi connectivity index (χ4v) is 5.70. The van der Waals surface area contributed by atoms with Crippen molar-refractivity contribution in [2.75, 3.05) is 7.11 Å². The topological polar surface area (TPSA) is 66.6 Å². The Morgan fingerprint density at radius 1 is 0.829 bits per heavy atom. The van der Waals surface area contributed by atoms with E-state index < -0.39 is 5.82 Å².